The monoisotopic (exact) mass is 374 g/mol. The number of rotatable bonds is 0. The molecule has 19 heavy (non-hydrogen) atoms. The Kier molecular flexibility index (Phi) is 17.0. The van der Waals surface area contributed by atoms with Crippen LogP contribution in [0.2, 0.25) is 0 Å². The van der Waals surface area contributed by atoms with Crippen LogP contribution < -0.4 is 24.8 Å². The summed E-state index contributed by atoms with van der Waals surface area (Å²) in [6.07, 6.45) is 11.8. The summed E-state index contributed by atoms with van der Waals surface area (Å²) in [6.45, 7) is 10.6. The quantitative estimate of drug-likeness (QED) is 0.447. The predicted molar refractivity (Wildman–Crippen MR) is 73.3 cm³/mol. The molecule has 3 heteroatoms. The Morgan fingerprint density at radius 2 is 1.68 bits per heavy atom. The Bertz CT molecular complexity index is 371. The van der Waals surface area contributed by atoms with Crippen molar-refractivity contribution in [2.45, 2.75) is 41.0 Å². The first-order valence-corrected chi connectivity index (χ1v) is 7.62. The van der Waals surface area contributed by atoms with Crippen molar-refractivity contribution in [3.63, 3.8) is 0 Å². The van der Waals surface area contributed by atoms with E-state index in [0.29, 0.717) is 5.92 Å². The molecule has 2 aliphatic carbocycles. The zero-order valence-electron chi connectivity index (χ0n) is 12.4. The summed E-state index contributed by atoms with van der Waals surface area (Å²) in [4.78, 5) is 0. The van der Waals surface area contributed by atoms with Gasteiger partial charge in [-0.15, -0.1) is 13.3 Å². The summed E-state index contributed by atoms with van der Waals surface area (Å²) in [5.74, 6) is 0.556. The molecular formula is C16H22Cl2Zr-2. The van der Waals surface area contributed by atoms with E-state index in [-0.39, 0.29) is 24.8 Å². The van der Waals surface area contributed by atoms with E-state index in [1.807, 2.05) is 0 Å². The third-order valence-electron chi connectivity index (χ3n) is 2.91. The number of allylic oxidation sites excluding steroid dienone is 8. The molecule has 0 radical (unpaired) electrons. The molecule has 1 unspecified atom stereocenters. The second-order valence-corrected chi connectivity index (χ2v) is 4.36. The number of hydrogen-bond donors (Lipinski definition) is 0. The minimum Gasteiger partial charge on any atom is -1.00 e. The molecule has 0 heterocycles. The summed E-state index contributed by atoms with van der Waals surface area (Å²) in [7, 11) is 0. The van der Waals surface area contributed by atoms with Gasteiger partial charge in [-0.3, -0.25) is 12.2 Å². The van der Waals surface area contributed by atoms with Crippen molar-refractivity contribution in [3.8, 4) is 0 Å². The van der Waals surface area contributed by atoms with Crippen LogP contribution in [0.3, 0.4) is 0 Å². The molecule has 0 saturated heterocycles. The summed E-state index contributed by atoms with van der Waals surface area (Å²) in [5.41, 5.74) is 5.52. The molecule has 1 atom stereocenters. The van der Waals surface area contributed by atoms with E-state index in [1.54, 1.807) is 0 Å². The van der Waals surface area contributed by atoms with Crippen LogP contribution >= 0.6 is 0 Å². The molecule has 0 nitrogen and oxygen atoms in total. The van der Waals surface area contributed by atoms with Crippen molar-refractivity contribution in [1.29, 1.82) is 0 Å². The molecule has 0 amide bonds. The summed E-state index contributed by atoms with van der Waals surface area (Å²) >= 11 is 1.30. The Hall–Kier alpha value is 0.293. The minimum absolute atomic E-state index is 0. The summed E-state index contributed by atoms with van der Waals surface area (Å²) in [6, 6.07) is 0. The topological polar surface area (TPSA) is 0 Å². The van der Waals surface area contributed by atoms with Crippen LogP contribution in [0.15, 0.2) is 34.4 Å². The number of halogens is 2. The summed E-state index contributed by atoms with van der Waals surface area (Å²) in [5, 5.41) is 0. The largest absolute Gasteiger partial charge is 1.00 e. The fraction of sp³-hybridized carbons (Fsp3) is 0.438. The van der Waals surface area contributed by atoms with Crippen LogP contribution in [0.5, 0.6) is 0 Å². The van der Waals surface area contributed by atoms with Gasteiger partial charge < -0.3 is 24.8 Å². The van der Waals surface area contributed by atoms with Gasteiger partial charge in [-0.05, 0) is 0 Å². The van der Waals surface area contributed by atoms with Gasteiger partial charge in [0.1, 0.15) is 0 Å². The van der Waals surface area contributed by atoms with E-state index in [2.05, 4.69) is 63.1 Å². The average Bonchev–Trinajstić information content (AvgIpc) is 2.83. The molecule has 0 aromatic heterocycles. The Morgan fingerprint density at radius 3 is 1.79 bits per heavy atom. The van der Waals surface area contributed by atoms with Crippen LogP contribution in [0.1, 0.15) is 41.0 Å². The normalized spacial score (nSPS) is 19.0. The molecule has 0 spiro atoms. The van der Waals surface area contributed by atoms with Gasteiger partial charge in [0.05, 0.1) is 0 Å². The summed E-state index contributed by atoms with van der Waals surface area (Å²) < 4.78 is 3.34. The van der Waals surface area contributed by atoms with Crippen molar-refractivity contribution in [3.05, 3.63) is 46.6 Å². The fourth-order valence-electron chi connectivity index (χ4n) is 1.59. The van der Waals surface area contributed by atoms with Crippen molar-refractivity contribution in [1.82, 2.24) is 0 Å². The van der Waals surface area contributed by atoms with Crippen LogP contribution in [0.25, 0.3) is 0 Å². The van der Waals surface area contributed by atoms with Crippen molar-refractivity contribution < 1.29 is 49.0 Å². The van der Waals surface area contributed by atoms with Gasteiger partial charge >= 0.3 is 28.4 Å². The van der Waals surface area contributed by atoms with Crippen molar-refractivity contribution >= 4 is 4.21 Å². The number of hydrogen-bond acceptors (Lipinski definition) is 0. The first kappa shape index (κ1) is 24.3. The van der Waals surface area contributed by atoms with Gasteiger partial charge in [0.15, 0.2) is 0 Å². The van der Waals surface area contributed by atoms with Gasteiger partial charge in [-0.25, -0.2) is 17.2 Å². The Labute approximate surface area is 146 Å². The van der Waals surface area contributed by atoms with Gasteiger partial charge in [0, 0.05) is 0 Å². The minimum atomic E-state index is 0. The maximum Gasteiger partial charge on any atom is -1.00 e. The Morgan fingerprint density at radius 1 is 1.16 bits per heavy atom. The first-order valence-electron chi connectivity index (χ1n) is 5.88. The van der Waals surface area contributed by atoms with E-state index in [9.17, 15) is 0 Å². The van der Waals surface area contributed by atoms with Crippen molar-refractivity contribution in [2.75, 3.05) is 0 Å². The van der Waals surface area contributed by atoms with Gasteiger partial charge in [0.2, 0.25) is 0 Å². The molecule has 0 aromatic carbocycles. The molecule has 0 fully saturated rings. The predicted octanol–water partition coefficient (Wildman–Crippen LogP) is -1.61. The Balaban J connectivity index is -0.000000219. The zero-order chi connectivity index (χ0) is 13.4. The molecule has 2 aliphatic rings. The van der Waals surface area contributed by atoms with Gasteiger partial charge in [0.25, 0.3) is 0 Å². The van der Waals surface area contributed by atoms with E-state index < -0.39 is 0 Å². The van der Waals surface area contributed by atoms with Crippen LogP contribution in [0, 0.1) is 18.1 Å². The fourth-order valence-corrected chi connectivity index (χ4v) is 1.59. The molecule has 106 valence electrons. The van der Waals surface area contributed by atoms with Crippen LogP contribution in [-0.2, 0) is 24.2 Å². The second-order valence-electron chi connectivity index (χ2n) is 4.36. The molecule has 0 aliphatic heterocycles. The van der Waals surface area contributed by atoms with E-state index in [0.717, 1.165) is 6.42 Å². The maximum absolute atomic E-state index is 3.34. The first-order chi connectivity index (χ1) is 8.00. The van der Waals surface area contributed by atoms with Crippen molar-refractivity contribution in [2.24, 2.45) is 5.92 Å². The van der Waals surface area contributed by atoms with Crippen LogP contribution in [0.4, 0.5) is 0 Å². The second kappa shape index (κ2) is 13.3. The SMILES string of the molecule is CC1=[C-]C(C)C=C1.CC1=[C-]CC(C)=C1C.[CH2]=[Zr+2].[Cl-].[Cl-]. The molecule has 2 rings (SSSR count). The third kappa shape index (κ3) is 9.77. The zero-order valence-corrected chi connectivity index (χ0v) is 16.4. The molecule has 0 saturated carbocycles. The van der Waals surface area contributed by atoms with E-state index >= 15 is 0 Å². The van der Waals surface area contributed by atoms with E-state index in [4.69, 9.17) is 0 Å². The standard InChI is InChI=1S/C8H11.C7H9.CH2.2ClH.Zr/c1-6-4-5-7(2)8(6)3;1-6-3-4-7(2)5-6;;;;/h4H2,1-3H3;3-4,6H,1-2H3;1H2;2*1H;/q2*-1;;;;+2/p-2. The maximum atomic E-state index is 3.34. The van der Waals surface area contributed by atoms with Gasteiger partial charge in [-0.2, -0.15) is 17.2 Å². The molecular weight excluding hydrogens is 354 g/mol. The smallest absolute Gasteiger partial charge is 1.00 e. The molecule has 0 N–H and O–H groups in total. The average molecular weight is 376 g/mol. The van der Waals surface area contributed by atoms with Crippen LogP contribution in [-0.4, -0.2) is 4.21 Å². The molecule has 0 bridgehead atoms. The van der Waals surface area contributed by atoms with Gasteiger partial charge in [-0.1, -0.05) is 33.6 Å². The third-order valence-corrected chi connectivity index (χ3v) is 2.91. The molecule has 0 aromatic rings. The van der Waals surface area contributed by atoms with E-state index in [1.165, 1.54) is 46.5 Å².